The van der Waals surface area contributed by atoms with E-state index in [1.165, 1.54) is 25.2 Å². The summed E-state index contributed by atoms with van der Waals surface area (Å²) in [6.07, 6.45) is 0. The van der Waals surface area contributed by atoms with Crippen molar-refractivity contribution in [3.8, 4) is 0 Å². The molecule has 1 aromatic carbocycles. The highest BCUT2D eigenvalue weighted by atomic mass is 35.5. The molecule has 2 N–H and O–H groups in total. The van der Waals surface area contributed by atoms with Gasteiger partial charge in [-0.15, -0.1) is 0 Å². The largest absolute Gasteiger partial charge is 0.341 e. The van der Waals surface area contributed by atoms with Crippen LogP contribution in [-0.4, -0.2) is 13.1 Å². The van der Waals surface area contributed by atoms with Gasteiger partial charge in [-0.3, -0.25) is 0 Å². The van der Waals surface area contributed by atoms with Crippen LogP contribution in [0.1, 0.15) is 0 Å². The predicted molar refractivity (Wildman–Crippen MR) is 49.5 cm³/mol. The zero-order chi connectivity index (χ0) is 9.84. The highest BCUT2D eigenvalue weighted by molar-refractivity contribution is 6.30. The molecule has 1 rings (SSSR count). The average Bonchev–Trinajstić information content (AvgIpc) is 2.11. The minimum Gasteiger partial charge on any atom is -0.341 e. The van der Waals surface area contributed by atoms with Crippen molar-refractivity contribution in [2.24, 2.45) is 0 Å². The lowest BCUT2D eigenvalue weighted by Crippen LogP contribution is -2.24. The molecule has 0 aromatic heterocycles. The lowest BCUT2D eigenvalue weighted by molar-refractivity contribution is 0.254. The summed E-state index contributed by atoms with van der Waals surface area (Å²) in [6.45, 7) is 0. The highest BCUT2D eigenvalue weighted by Crippen LogP contribution is 2.19. The zero-order valence-electron chi connectivity index (χ0n) is 6.90. The van der Waals surface area contributed by atoms with E-state index in [0.717, 1.165) is 0 Å². The number of carbonyl (C=O) groups is 1. The summed E-state index contributed by atoms with van der Waals surface area (Å²) in [7, 11) is 1.44. The molecule has 0 aliphatic rings. The van der Waals surface area contributed by atoms with Crippen molar-refractivity contribution in [1.82, 2.24) is 5.32 Å². The van der Waals surface area contributed by atoms with Gasteiger partial charge in [-0.1, -0.05) is 11.6 Å². The Bertz CT molecular complexity index is 330. The van der Waals surface area contributed by atoms with Crippen molar-refractivity contribution in [2.45, 2.75) is 0 Å². The molecular formula is C8H8ClFN2O. The second-order valence-electron chi connectivity index (χ2n) is 2.33. The second-order valence-corrected chi connectivity index (χ2v) is 2.76. The fourth-order valence-electron chi connectivity index (χ4n) is 0.778. The van der Waals surface area contributed by atoms with Gasteiger partial charge in [-0.25, -0.2) is 9.18 Å². The number of benzene rings is 1. The first kappa shape index (κ1) is 9.80. The van der Waals surface area contributed by atoms with Crippen molar-refractivity contribution in [3.63, 3.8) is 0 Å². The SMILES string of the molecule is CNC(=O)Nc1cc(Cl)ccc1F. The Balaban J connectivity index is 2.87. The van der Waals surface area contributed by atoms with Gasteiger partial charge in [-0.2, -0.15) is 0 Å². The maximum absolute atomic E-state index is 13.0. The van der Waals surface area contributed by atoms with Gasteiger partial charge in [0.2, 0.25) is 0 Å². The maximum Gasteiger partial charge on any atom is 0.319 e. The Kier molecular flexibility index (Phi) is 3.08. The van der Waals surface area contributed by atoms with Gasteiger partial charge in [0, 0.05) is 12.1 Å². The molecule has 0 atom stereocenters. The standard InChI is InChI=1S/C8H8ClFN2O/c1-11-8(13)12-7-4-5(9)2-3-6(7)10/h2-4H,1H3,(H2,11,12,13). The number of rotatable bonds is 1. The first-order chi connectivity index (χ1) is 6.13. The monoisotopic (exact) mass is 202 g/mol. The van der Waals surface area contributed by atoms with E-state index in [2.05, 4.69) is 10.6 Å². The second kappa shape index (κ2) is 4.09. The Hall–Kier alpha value is -1.29. The lowest BCUT2D eigenvalue weighted by Gasteiger charge is -2.05. The molecule has 0 aliphatic carbocycles. The van der Waals surface area contributed by atoms with Gasteiger partial charge >= 0.3 is 6.03 Å². The number of amides is 2. The molecule has 0 heterocycles. The summed E-state index contributed by atoms with van der Waals surface area (Å²) < 4.78 is 13.0. The van der Waals surface area contributed by atoms with Crippen LogP contribution in [-0.2, 0) is 0 Å². The van der Waals surface area contributed by atoms with E-state index in [-0.39, 0.29) is 5.69 Å². The molecule has 13 heavy (non-hydrogen) atoms. The van der Waals surface area contributed by atoms with Crippen molar-refractivity contribution in [1.29, 1.82) is 0 Å². The number of hydrogen-bond acceptors (Lipinski definition) is 1. The van der Waals surface area contributed by atoms with E-state index in [0.29, 0.717) is 5.02 Å². The van der Waals surface area contributed by atoms with Crippen LogP contribution < -0.4 is 10.6 Å². The summed E-state index contributed by atoms with van der Waals surface area (Å²) in [6, 6.07) is 3.45. The molecule has 0 saturated heterocycles. The third-order valence-electron chi connectivity index (χ3n) is 1.40. The molecule has 0 radical (unpaired) electrons. The van der Waals surface area contributed by atoms with Crippen LogP contribution in [0, 0.1) is 5.82 Å². The number of urea groups is 1. The lowest BCUT2D eigenvalue weighted by atomic mass is 10.3. The molecule has 70 valence electrons. The van der Waals surface area contributed by atoms with Crippen molar-refractivity contribution in [2.75, 3.05) is 12.4 Å². The van der Waals surface area contributed by atoms with Gasteiger partial charge in [0.15, 0.2) is 0 Å². The third-order valence-corrected chi connectivity index (χ3v) is 1.64. The van der Waals surface area contributed by atoms with Gasteiger partial charge in [0.1, 0.15) is 5.82 Å². The number of halogens is 2. The molecule has 0 fully saturated rings. The average molecular weight is 203 g/mol. The summed E-state index contributed by atoms with van der Waals surface area (Å²) in [5, 5.41) is 4.96. The zero-order valence-corrected chi connectivity index (χ0v) is 7.65. The molecule has 0 bridgehead atoms. The van der Waals surface area contributed by atoms with E-state index >= 15 is 0 Å². The summed E-state index contributed by atoms with van der Waals surface area (Å²) >= 11 is 5.61. The van der Waals surface area contributed by atoms with Crippen molar-refractivity contribution < 1.29 is 9.18 Å². The minimum absolute atomic E-state index is 0.0619. The molecule has 0 aliphatic heterocycles. The summed E-state index contributed by atoms with van der Waals surface area (Å²) in [5.41, 5.74) is 0.0619. The molecular weight excluding hydrogens is 195 g/mol. The Morgan fingerprint density at radius 3 is 2.85 bits per heavy atom. The summed E-state index contributed by atoms with van der Waals surface area (Å²) in [4.78, 5) is 10.8. The Morgan fingerprint density at radius 1 is 1.54 bits per heavy atom. The van der Waals surface area contributed by atoms with Crippen LogP contribution in [0.3, 0.4) is 0 Å². The van der Waals surface area contributed by atoms with E-state index in [1.54, 1.807) is 0 Å². The van der Waals surface area contributed by atoms with Crippen LogP contribution in [0.2, 0.25) is 5.02 Å². The van der Waals surface area contributed by atoms with Crippen LogP contribution in [0.4, 0.5) is 14.9 Å². The van der Waals surface area contributed by atoms with Crippen molar-refractivity contribution >= 4 is 23.3 Å². The van der Waals surface area contributed by atoms with Gasteiger partial charge in [0.25, 0.3) is 0 Å². The smallest absolute Gasteiger partial charge is 0.319 e. The summed E-state index contributed by atoms with van der Waals surface area (Å²) in [5.74, 6) is -0.520. The van der Waals surface area contributed by atoms with Gasteiger partial charge in [0.05, 0.1) is 5.69 Å². The minimum atomic E-state index is -0.520. The molecule has 5 heteroatoms. The molecule has 0 unspecified atom stereocenters. The molecule has 2 amide bonds. The normalized spacial score (nSPS) is 9.46. The van der Waals surface area contributed by atoms with E-state index in [4.69, 9.17) is 11.6 Å². The van der Waals surface area contributed by atoms with Gasteiger partial charge in [-0.05, 0) is 18.2 Å². The quantitative estimate of drug-likeness (QED) is 0.721. The molecule has 3 nitrogen and oxygen atoms in total. The molecule has 1 aromatic rings. The Labute approximate surface area is 79.9 Å². The van der Waals surface area contributed by atoms with E-state index in [1.807, 2.05) is 0 Å². The van der Waals surface area contributed by atoms with Crippen LogP contribution in [0.5, 0.6) is 0 Å². The Morgan fingerprint density at radius 2 is 2.23 bits per heavy atom. The number of anilines is 1. The third kappa shape index (κ3) is 2.59. The van der Waals surface area contributed by atoms with E-state index < -0.39 is 11.8 Å². The fourth-order valence-corrected chi connectivity index (χ4v) is 0.950. The van der Waals surface area contributed by atoms with Crippen LogP contribution in [0.15, 0.2) is 18.2 Å². The number of hydrogen-bond donors (Lipinski definition) is 2. The highest BCUT2D eigenvalue weighted by Gasteiger charge is 2.05. The first-order valence-corrected chi connectivity index (χ1v) is 3.95. The number of carbonyl (C=O) groups excluding carboxylic acids is 1. The van der Waals surface area contributed by atoms with Gasteiger partial charge < -0.3 is 10.6 Å². The maximum atomic E-state index is 13.0. The molecule has 0 spiro atoms. The first-order valence-electron chi connectivity index (χ1n) is 3.57. The van der Waals surface area contributed by atoms with Crippen LogP contribution >= 0.6 is 11.6 Å². The van der Waals surface area contributed by atoms with E-state index in [9.17, 15) is 9.18 Å². The predicted octanol–water partition coefficient (Wildman–Crippen LogP) is 2.23. The van der Waals surface area contributed by atoms with Crippen molar-refractivity contribution in [3.05, 3.63) is 29.0 Å². The topological polar surface area (TPSA) is 41.1 Å². The number of nitrogens with one attached hydrogen (secondary N) is 2. The fraction of sp³-hybridized carbons (Fsp3) is 0.125. The molecule has 0 saturated carbocycles. The van der Waals surface area contributed by atoms with Crippen LogP contribution in [0.25, 0.3) is 0 Å².